The summed E-state index contributed by atoms with van der Waals surface area (Å²) >= 11 is 0. The van der Waals surface area contributed by atoms with Gasteiger partial charge in [-0.15, -0.1) is 0 Å². The fourth-order valence-electron chi connectivity index (χ4n) is 1.61. The lowest BCUT2D eigenvalue weighted by Crippen LogP contribution is -2.04. The molecular weight excluding hydrogens is 208 g/mol. The number of nitriles is 1. The molecule has 1 rings (SSSR count). The van der Waals surface area contributed by atoms with Gasteiger partial charge in [0.15, 0.2) is 5.78 Å². The lowest BCUT2D eigenvalue weighted by molar-refractivity contribution is -0.385. The van der Waals surface area contributed by atoms with Crippen LogP contribution < -0.4 is 0 Å². The highest BCUT2D eigenvalue weighted by atomic mass is 16.6. The predicted octanol–water partition coefficient (Wildman–Crippen LogP) is 2.23. The van der Waals surface area contributed by atoms with Gasteiger partial charge in [-0.1, -0.05) is 6.92 Å². The van der Waals surface area contributed by atoms with E-state index in [0.29, 0.717) is 17.5 Å². The number of Topliss-reactive ketones (excluding diaryl/α,β-unsaturated/α-hetero) is 1. The average Bonchev–Trinajstić information content (AvgIpc) is 2.26. The zero-order chi connectivity index (χ0) is 12.3. The van der Waals surface area contributed by atoms with Crippen LogP contribution >= 0.6 is 0 Å². The summed E-state index contributed by atoms with van der Waals surface area (Å²) in [5.74, 6) is -0.191. The molecule has 0 aliphatic carbocycles. The smallest absolute Gasteiger partial charge is 0.287 e. The number of hydrogen-bond donors (Lipinski definition) is 0. The third-order valence-corrected chi connectivity index (χ3v) is 2.33. The maximum atomic E-state index is 11.3. The molecule has 5 heteroatoms. The van der Waals surface area contributed by atoms with Crippen LogP contribution in [0.15, 0.2) is 12.1 Å². The van der Waals surface area contributed by atoms with E-state index in [-0.39, 0.29) is 17.0 Å². The van der Waals surface area contributed by atoms with Gasteiger partial charge in [0.25, 0.3) is 5.69 Å². The largest absolute Gasteiger partial charge is 0.295 e. The molecule has 0 N–H and O–H groups in total. The van der Waals surface area contributed by atoms with Crippen LogP contribution in [-0.2, 0) is 6.42 Å². The maximum absolute atomic E-state index is 11.3. The van der Waals surface area contributed by atoms with Crippen LogP contribution in [-0.4, -0.2) is 10.7 Å². The van der Waals surface area contributed by atoms with Gasteiger partial charge in [0.05, 0.1) is 4.92 Å². The summed E-state index contributed by atoms with van der Waals surface area (Å²) in [5, 5.41) is 19.6. The van der Waals surface area contributed by atoms with E-state index in [0.717, 1.165) is 0 Å². The monoisotopic (exact) mass is 218 g/mol. The van der Waals surface area contributed by atoms with Crippen molar-refractivity contribution in [1.82, 2.24) is 0 Å². The third-order valence-electron chi connectivity index (χ3n) is 2.33. The van der Waals surface area contributed by atoms with Crippen LogP contribution in [0.1, 0.15) is 35.3 Å². The first-order chi connectivity index (χ1) is 7.52. The lowest BCUT2D eigenvalue weighted by Gasteiger charge is -2.06. The SMILES string of the molecule is CCc1c(C(C)=O)ccc([N+](=O)[O-])c1C#N. The predicted molar refractivity (Wildman–Crippen MR) is 57.2 cm³/mol. The average molecular weight is 218 g/mol. The van der Waals surface area contributed by atoms with Gasteiger partial charge in [0, 0.05) is 11.6 Å². The Labute approximate surface area is 92.5 Å². The van der Waals surface area contributed by atoms with Crippen LogP contribution in [0, 0.1) is 21.4 Å². The molecule has 0 amide bonds. The molecule has 0 aliphatic heterocycles. The number of nitro benzene ring substituents is 1. The van der Waals surface area contributed by atoms with Crippen molar-refractivity contribution in [3.05, 3.63) is 38.9 Å². The summed E-state index contributed by atoms with van der Waals surface area (Å²) in [6, 6.07) is 4.40. The van der Waals surface area contributed by atoms with Gasteiger partial charge in [-0.05, 0) is 25.0 Å². The molecule has 0 unspecified atom stereocenters. The normalized spacial score (nSPS) is 9.56. The second-order valence-corrected chi connectivity index (χ2v) is 3.26. The number of carbonyl (C=O) groups is 1. The van der Waals surface area contributed by atoms with Crippen molar-refractivity contribution >= 4 is 11.5 Å². The van der Waals surface area contributed by atoms with E-state index in [1.54, 1.807) is 13.0 Å². The summed E-state index contributed by atoms with van der Waals surface area (Å²) in [6.45, 7) is 3.13. The zero-order valence-electron chi connectivity index (χ0n) is 8.98. The quantitative estimate of drug-likeness (QED) is 0.442. The molecule has 0 atom stereocenters. The van der Waals surface area contributed by atoms with Gasteiger partial charge in [-0.3, -0.25) is 14.9 Å². The minimum absolute atomic E-state index is 0.0137. The maximum Gasteiger partial charge on any atom is 0.287 e. The Morgan fingerprint density at radius 1 is 1.56 bits per heavy atom. The number of hydrogen-bond acceptors (Lipinski definition) is 4. The van der Waals surface area contributed by atoms with Gasteiger partial charge < -0.3 is 0 Å². The third kappa shape index (κ3) is 1.91. The van der Waals surface area contributed by atoms with Crippen molar-refractivity contribution < 1.29 is 9.72 Å². The highest BCUT2D eigenvalue weighted by Gasteiger charge is 2.20. The number of nitro groups is 1. The van der Waals surface area contributed by atoms with Gasteiger partial charge >= 0.3 is 0 Å². The Hall–Kier alpha value is -2.22. The molecule has 82 valence electrons. The molecular formula is C11H10N2O3. The molecule has 0 spiro atoms. The first-order valence-corrected chi connectivity index (χ1v) is 4.74. The molecule has 0 aliphatic rings. The summed E-state index contributed by atoms with van der Waals surface area (Å²) < 4.78 is 0. The van der Waals surface area contributed by atoms with Crippen LogP contribution in [0.5, 0.6) is 0 Å². The fourth-order valence-corrected chi connectivity index (χ4v) is 1.61. The molecule has 0 heterocycles. The first-order valence-electron chi connectivity index (χ1n) is 4.74. The Morgan fingerprint density at radius 3 is 2.56 bits per heavy atom. The molecule has 1 aromatic carbocycles. The molecule has 0 saturated carbocycles. The zero-order valence-corrected chi connectivity index (χ0v) is 8.98. The van der Waals surface area contributed by atoms with Crippen molar-refractivity contribution in [3.8, 4) is 6.07 Å². The van der Waals surface area contributed by atoms with E-state index < -0.39 is 4.92 Å². The van der Waals surface area contributed by atoms with Crippen molar-refractivity contribution in [2.45, 2.75) is 20.3 Å². The van der Waals surface area contributed by atoms with E-state index in [1.165, 1.54) is 19.1 Å². The second kappa shape index (κ2) is 4.53. The Morgan fingerprint density at radius 2 is 2.19 bits per heavy atom. The van der Waals surface area contributed by atoms with Crippen LogP contribution in [0.3, 0.4) is 0 Å². The molecule has 0 bridgehead atoms. The number of carbonyl (C=O) groups excluding carboxylic acids is 1. The standard InChI is InChI=1S/C11H10N2O3/c1-3-8-9(7(2)14)4-5-11(13(15)16)10(8)6-12/h4-5H,3H2,1-2H3. The Kier molecular flexibility index (Phi) is 3.36. The van der Waals surface area contributed by atoms with Gasteiger partial charge in [-0.25, -0.2) is 0 Å². The number of benzene rings is 1. The first kappa shape index (κ1) is 11.9. The number of nitrogens with zero attached hydrogens (tertiary/aromatic N) is 2. The van der Waals surface area contributed by atoms with Crippen LogP contribution in [0.25, 0.3) is 0 Å². The molecule has 0 aromatic heterocycles. The Balaban J connectivity index is 3.60. The molecule has 0 radical (unpaired) electrons. The highest BCUT2D eigenvalue weighted by Crippen LogP contribution is 2.25. The summed E-state index contributed by atoms with van der Waals surface area (Å²) in [6.07, 6.45) is 0.416. The van der Waals surface area contributed by atoms with Crippen molar-refractivity contribution in [1.29, 1.82) is 5.26 Å². The fraction of sp³-hybridized carbons (Fsp3) is 0.273. The second-order valence-electron chi connectivity index (χ2n) is 3.26. The molecule has 0 fully saturated rings. The van der Waals surface area contributed by atoms with Gasteiger partial charge in [0.1, 0.15) is 11.6 Å². The lowest BCUT2D eigenvalue weighted by atomic mass is 9.96. The van der Waals surface area contributed by atoms with Crippen molar-refractivity contribution in [2.24, 2.45) is 0 Å². The summed E-state index contributed by atoms with van der Waals surface area (Å²) in [7, 11) is 0. The van der Waals surface area contributed by atoms with E-state index in [1.807, 2.05) is 0 Å². The molecule has 0 saturated heterocycles. The topological polar surface area (TPSA) is 84.0 Å². The van der Waals surface area contributed by atoms with E-state index in [2.05, 4.69) is 0 Å². The van der Waals surface area contributed by atoms with E-state index in [9.17, 15) is 14.9 Å². The Bertz CT molecular complexity index is 501. The van der Waals surface area contributed by atoms with Crippen molar-refractivity contribution in [3.63, 3.8) is 0 Å². The minimum Gasteiger partial charge on any atom is -0.295 e. The van der Waals surface area contributed by atoms with Gasteiger partial charge in [-0.2, -0.15) is 5.26 Å². The molecule has 1 aromatic rings. The van der Waals surface area contributed by atoms with Gasteiger partial charge in [0.2, 0.25) is 0 Å². The van der Waals surface area contributed by atoms with Crippen LogP contribution in [0.2, 0.25) is 0 Å². The molecule has 16 heavy (non-hydrogen) atoms. The minimum atomic E-state index is -0.609. The summed E-state index contributed by atoms with van der Waals surface area (Å²) in [4.78, 5) is 21.4. The number of rotatable bonds is 3. The highest BCUT2D eigenvalue weighted by molar-refractivity contribution is 5.96. The number of ketones is 1. The van der Waals surface area contributed by atoms with E-state index >= 15 is 0 Å². The van der Waals surface area contributed by atoms with E-state index in [4.69, 9.17) is 5.26 Å². The summed E-state index contributed by atoms with van der Waals surface area (Å²) in [5.41, 5.74) is 0.568. The van der Waals surface area contributed by atoms with Crippen molar-refractivity contribution in [2.75, 3.05) is 0 Å². The van der Waals surface area contributed by atoms with Crippen LogP contribution in [0.4, 0.5) is 5.69 Å². The molecule has 5 nitrogen and oxygen atoms in total.